The molecule has 19 heavy (non-hydrogen) atoms. The summed E-state index contributed by atoms with van der Waals surface area (Å²) < 4.78 is 19.2. The van der Waals surface area contributed by atoms with Gasteiger partial charge in [-0.2, -0.15) is 0 Å². The molecule has 0 amide bonds. The van der Waals surface area contributed by atoms with Crippen LogP contribution in [-0.4, -0.2) is 12.6 Å². The lowest BCUT2D eigenvalue weighted by atomic mass is 9.77. The number of fused-ring (bicyclic) bond motifs is 2. The minimum absolute atomic E-state index is 0.168. The van der Waals surface area contributed by atoms with E-state index >= 15 is 0 Å². The first kappa shape index (κ1) is 11.7. The second kappa shape index (κ2) is 3.95. The molecule has 2 aliphatic carbocycles. The number of benzene rings is 1. The Kier molecular flexibility index (Phi) is 2.44. The van der Waals surface area contributed by atoms with Crippen molar-refractivity contribution in [2.75, 3.05) is 6.54 Å². The average molecular weight is 261 g/mol. The Morgan fingerprint density at radius 1 is 1.32 bits per heavy atom. The number of hydrogen-bond donors (Lipinski definition) is 1. The molecule has 2 N–H and O–H groups in total. The first-order valence-corrected chi connectivity index (χ1v) is 7.33. The number of hydrogen-bond acceptors (Lipinski definition) is 2. The highest BCUT2D eigenvalue weighted by Crippen LogP contribution is 2.61. The third-order valence-corrected chi connectivity index (χ3v) is 5.32. The van der Waals surface area contributed by atoms with Crippen LogP contribution in [0.25, 0.3) is 0 Å². The third kappa shape index (κ3) is 1.95. The predicted octanol–water partition coefficient (Wildman–Crippen LogP) is 2.89. The second-order valence-corrected chi connectivity index (χ2v) is 6.77. The fourth-order valence-electron chi connectivity index (χ4n) is 4.31. The van der Waals surface area contributed by atoms with Crippen LogP contribution in [0.3, 0.4) is 0 Å². The first-order valence-electron chi connectivity index (χ1n) is 7.33. The summed E-state index contributed by atoms with van der Waals surface area (Å²) in [5, 5.41) is 0. The van der Waals surface area contributed by atoms with Crippen LogP contribution in [0.2, 0.25) is 0 Å². The van der Waals surface area contributed by atoms with Crippen LogP contribution in [0.5, 0.6) is 5.75 Å². The molecule has 2 nitrogen and oxygen atoms in total. The van der Waals surface area contributed by atoms with E-state index in [1.165, 1.54) is 25.3 Å². The van der Waals surface area contributed by atoms with Crippen molar-refractivity contribution in [3.63, 3.8) is 0 Å². The van der Waals surface area contributed by atoms with Crippen LogP contribution in [0.1, 0.15) is 31.2 Å². The summed E-state index contributed by atoms with van der Waals surface area (Å²) in [6, 6.07) is 4.84. The van der Waals surface area contributed by atoms with Gasteiger partial charge in [0.1, 0.15) is 17.7 Å². The Hall–Kier alpha value is -1.09. The Balaban J connectivity index is 1.47. The topological polar surface area (TPSA) is 35.2 Å². The fraction of sp³-hybridized carbons (Fsp3) is 0.625. The highest BCUT2D eigenvalue weighted by Gasteiger charge is 2.53. The van der Waals surface area contributed by atoms with Crippen LogP contribution in [0.15, 0.2) is 18.2 Å². The van der Waals surface area contributed by atoms with Gasteiger partial charge in [0.2, 0.25) is 0 Å². The van der Waals surface area contributed by atoms with Gasteiger partial charge in [-0.05, 0) is 67.7 Å². The van der Waals surface area contributed by atoms with Gasteiger partial charge in [-0.15, -0.1) is 0 Å². The first-order chi connectivity index (χ1) is 9.17. The summed E-state index contributed by atoms with van der Waals surface area (Å²) >= 11 is 0. The molecule has 102 valence electrons. The molecule has 0 spiro atoms. The second-order valence-electron chi connectivity index (χ2n) is 6.77. The molecular weight excluding hydrogens is 241 g/mol. The van der Waals surface area contributed by atoms with Crippen LogP contribution in [-0.2, 0) is 6.42 Å². The number of rotatable bonds is 3. The summed E-state index contributed by atoms with van der Waals surface area (Å²) in [6.45, 7) is 0.768. The molecule has 3 aliphatic rings. The standard InChI is InChI=1S/C16H20FNO/c17-13-1-2-15-10(4-13)5-14(19-15)8-16(9-18)6-11-3-12(11)7-16/h1-2,4,11-12,14H,3,5-9,18H2. The third-order valence-electron chi connectivity index (χ3n) is 5.32. The van der Waals surface area contributed by atoms with Gasteiger partial charge in [-0.1, -0.05) is 0 Å². The molecule has 3 atom stereocenters. The maximum Gasteiger partial charge on any atom is 0.123 e. The molecule has 0 saturated heterocycles. The average Bonchev–Trinajstić information content (AvgIpc) is 2.84. The van der Waals surface area contributed by atoms with Crippen molar-refractivity contribution < 1.29 is 9.13 Å². The van der Waals surface area contributed by atoms with E-state index in [1.807, 2.05) is 0 Å². The highest BCUT2D eigenvalue weighted by atomic mass is 19.1. The zero-order chi connectivity index (χ0) is 13.0. The molecule has 2 saturated carbocycles. The summed E-state index contributed by atoms with van der Waals surface area (Å²) in [6.07, 6.45) is 6.03. The molecule has 1 heterocycles. The van der Waals surface area contributed by atoms with Crippen molar-refractivity contribution in [1.29, 1.82) is 0 Å². The lowest BCUT2D eigenvalue weighted by molar-refractivity contribution is 0.132. The molecule has 1 aliphatic heterocycles. The highest BCUT2D eigenvalue weighted by molar-refractivity contribution is 5.38. The minimum atomic E-state index is -0.168. The van der Waals surface area contributed by atoms with E-state index in [-0.39, 0.29) is 11.9 Å². The van der Waals surface area contributed by atoms with Crippen LogP contribution in [0.4, 0.5) is 4.39 Å². The number of nitrogens with two attached hydrogens (primary N) is 1. The van der Waals surface area contributed by atoms with Crippen molar-refractivity contribution in [2.45, 2.75) is 38.2 Å². The number of halogens is 1. The lowest BCUT2D eigenvalue weighted by Gasteiger charge is -2.31. The Morgan fingerprint density at radius 3 is 2.84 bits per heavy atom. The van der Waals surface area contributed by atoms with E-state index in [0.29, 0.717) is 5.41 Å². The van der Waals surface area contributed by atoms with Crippen molar-refractivity contribution in [3.05, 3.63) is 29.6 Å². The molecule has 0 bridgehead atoms. The SMILES string of the molecule is NCC1(CC2Cc3cc(F)ccc3O2)CC2CC2C1. The maximum absolute atomic E-state index is 13.2. The van der Waals surface area contributed by atoms with Gasteiger partial charge in [0.05, 0.1) is 0 Å². The quantitative estimate of drug-likeness (QED) is 0.908. The molecule has 1 aromatic rings. The van der Waals surface area contributed by atoms with Gasteiger partial charge in [-0.3, -0.25) is 0 Å². The van der Waals surface area contributed by atoms with E-state index in [2.05, 4.69) is 0 Å². The monoisotopic (exact) mass is 261 g/mol. The summed E-state index contributed by atoms with van der Waals surface area (Å²) in [4.78, 5) is 0. The van der Waals surface area contributed by atoms with Crippen LogP contribution < -0.4 is 10.5 Å². The van der Waals surface area contributed by atoms with E-state index < -0.39 is 0 Å². The molecule has 0 radical (unpaired) electrons. The molecule has 0 aromatic heterocycles. The summed E-state index contributed by atoms with van der Waals surface area (Å²) in [5.74, 6) is 2.56. The maximum atomic E-state index is 13.2. The molecule has 2 fully saturated rings. The summed E-state index contributed by atoms with van der Waals surface area (Å²) in [5.41, 5.74) is 7.35. The van der Waals surface area contributed by atoms with Crippen molar-refractivity contribution in [3.8, 4) is 5.75 Å². The lowest BCUT2D eigenvalue weighted by Crippen LogP contribution is -2.34. The molecular formula is C16H20FNO. The van der Waals surface area contributed by atoms with Crippen LogP contribution >= 0.6 is 0 Å². The smallest absolute Gasteiger partial charge is 0.123 e. The molecule has 3 heteroatoms. The normalized spacial score (nSPS) is 38.7. The fourth-order valence-corrected chi connectivity index (χ4v) is 4.31. The van der Waals surface area contributed by atoms with E-state index in [4.69, 9.17) is 10.5 Å². The summed E-state index contributed by atoms with van der Waals surface area (Å²) in [7, 11) is 0. The van der Waals surface area contributed by atoms with Crippen molar-refractivity contribution in [1.82, 2.24) is 0 Å². The van der Waals surface area contributed by atoms with Crippen molar-refractivity contribution in [2.24, 2.45) is 23.0 Å². The zero-order valence-corrected chi connectivity index (χ0v) is 11.1. The van der Waals surface area contributed by atoms with Gasteiger partial charge in [0.25, 0.3) is 0 Å². The molecule has 3 unspecified atom stereocenters. The Labute approximate surface area is 113 Å². The van der Waals surface area contributed by atoms with Gasteiger partial charge in [0, 0.05) is 12.0 Å². The predicted molar refractivity (Wildman–Crippen MR) is 71.5 cm³/mol. The largest absolute Gasteiger partial charge is 0.490 e. The van der Waals surface area contributed by atoms with Gasteiger partial charge in [-0.25, -0.2) is 4.39 Å². The molecule has 1 aromatic carbocycles. The van der Waals surface area contributed by atoms with Gasteiger partial charge < -0.3 is 10.5 Å². The van der Waals surface area contributed by atoms with E-state index in [9.17, 15) is 4.39 Å². The van der Waals surface area contributed by atoms with E-state index in [1.54, 1.807) is 12.1 Å². The minimum Gasteiger partial charge on any atom is -0.490 e. The van der Waals surface area contributed by atoms with E-state index in [0.717, 1.165) is 42.5 Å². The number of ether oxygens (including phenoxy) is 1. The Morgan fingerprint density at radius 2 is 2.11 bits per heavy atom. The van der Waals surface area contributed by atoms with Crippen molar-refractivity contribution >= 4 is 0 Å². The van der Waals surface area contributed by atoms with Crippen LogP contribution in [0, 0.1) is 23.1 Å². The Bertz CT molecular complexity index is 505. The zero-order valence-electron chi connectivity index (χ0n) is 11.1. The molecule has 4 rings (SSSR count). The van der Waals surface area contributed by atoms with Gasteiger partial charge >= 0.3 is 0 Å². The van der Waals surface area contributed by atoms with Gasteiger partial charge in [0.15, 0.2) is 0 Å².